The van der Waals surface area contributed by atoms with E-state index < -0.39 is 5.97 Å². The molecule has 3 rings (SSSR count). The molecule has 0 radical (unpaired) electrons. The molecule has 2 aliphatic rings. The van der Waals surface area contributed by atoms with Crippen LogP contribution in [0.3, 0.4) is 0 Å². The Bertz CT molecular complexity index is 539. The van der Waals surface area contributed by atoms with Crippen molar-refractivity contribution in [3.63, 3.8) is 0 Å². The number of anilines is 1. The number of nitrogens with zero attached hydrogens (tertiary/aromatic N) is 4. The Morgan fingerprint density at radius 2 is 2.19 bits per heavy atom. The van der Waals surface area contributed by atoms with E-state index in [-0.39, 0.29) is 5.75 Å². The summed E-state index contributed by atoms with van der Waals surface area (Å²) < 4.78 is 2.16. The predicted molar refractivity (Wildman–Crippen MR) is 81.9 cm³/mol. The maximum absolute atomic E-state index is 10.8. The number of thioether (sulfide) groups is 1. The van der Waals surface area contributed by atoms with Crippen LogP contribution in [0.2, 0.25) is 0 Å². The zero-order valence-electron chi connectivity index (χ0n) is 12.6. The summed E-state index contributed by atoms with van der Waals surface area (Å²) in [6.45, 7) is 6.58. The van der Waals surface area contributed by atoms with Gasteiger partial charge in [0.1, 0.15) is 0 Å². The molecule has 1 aliphatic heterocycles. The Labute approximate surface area is 128 Å². The van der Waals surface area contributed by atoms with Crippen molar-refractivity contribution in [2.75, 3.05) is 23.7 Å². The van der Waals surface area contributed by atoms with Crippen LogP contribution in [0.25, 0.3) is 0 Å². The maximum atomic E-state index is 10.8. The molecule has 0 aromatic carbocycles. The third-order valence-electron chi connectivity index (χ3n) is 4.07. The quantitative estimate of drug-likeness (QED) is 0.842. The van der Waals surface area contributed by atoms with Crippen molar-refractivity contribution in [2.45, 2.75) is 50.7 Å². The fourth-order valence-electron chi connectivity index (χ4n) is 2.96. The van der Waals surface area contributed by atoms with Gasteiger partial charge in [0.25, 0.3) is 0 Å². The van der Waals surface area contributed by atoms with Crippen LogP contribution in [0.15, 0.2) is 5.16 Å². The summed E-state index contributed by atoms with van der Waals surface area (Å²) in [5, 5.41) is 18.2. The molecule has 0 amide bonds. The Morgan fingerprint density at radius 1 is 1.43 bits per heavy atom. The molecule has 1 aliphatic carbocycles. The number of aliphatic carboxylic acids is 1. The van der Waals surface area contributed by atoms with Gasteiger partial charge in [-0.05, 0) is 31.1 Å². The average molecular weight is 310 g/mol. The highest BCUT2D eigenvalue weighted by atomic mass is 32.2. The van der Waals surface area contributed by atoms with Gasteiger partial charge >= 0.3 is 5.97 Å². The molecule has 1 aromatic rings. The lowest BCUT2D eigenvalue weighted by Crippen LogP contribution is -2.41. The lowest BCUT2D eigenvalue weighted by atomic mass is 9.84. The fraction of sp³-hybridized carbons (Fsp3) is 0.786. The number of aromatic nitrogens is 3. The van der Waals surface area contributed by atoms with E-state index in [0.29, 0.717) is 11.5 Å². The minimum Gasteiger partial charge on any atom is -0.481 e. The summed E-state index contributed by atoms with van der Waals surface area (Å²) in [6, 6.07) is 0.455. The topological polar surface area (TPSA) is 71.2 Å². The maximum Gasteiger partial charge on any atom is 0.313 e. The Kier molecular flexibility index (Phi) is 3.86. The van der Waals surface area contributed by atoms with Gasteiger partial charge in [-0.1, -0.05) is 25.6 Å². The number of carbonyl (C=O) groups is 1. The van der Waals surface area contributed by atoms with Crippen LogP contribution in [0, 0.1) is 5.41 Å². The van der Waals surface area contributed by atoms with Crippen LogP contribution >= 0.6 is 11.8 Å². The Morgan fingerprint density at radius 3 is 2.81 bits per heavy atom. The first-order valence-electron chi connectivity index (χ1n) is 7.51. The lowest BCUT2D eigenvalue weighted by molar-refractivity contribution is -0.133. The molecule has 2 heterocycles. The van der Waals surface area contributed by atoms with Crippen LogP contribution in [0.4, 0.5) is 5.95 Å². The molecule has 1 aromatic heterocycles. The van der Waals surface area contributed by atoms with Crippen molar-refractivity contribution < 1.29 is 9.90 Å². The molecule has 0 atom stereocenters. The zero-order valence-corrected chi connectivity index (χ0v) is 13.4. The fourth-order valence-corrected chi connectivity index (χ4v) is 3.68. The predicted octanol–water partition coefficient (Wildman–Crippen LogP) is 2.42. The second kappa shape index (κ2) is 5.51. The lowest BCUT2D eigenvalue weighted by Gasteiger charge is -2.38. The molecule has 21 heavy (non-hydrogen) atoms. The summed E-state index contributed by atoms with van der Waals surface area (Å²) in [7, 11) is 0. The number of hydrogen-bond acceptors (Lipinski definition) is 5. The molecule has 7 heteroatoms. The van der Waals surface area contributed by atoms with Crippen LogP contribution < -0.4 is 4.90 Å². The SMILES string of the molecule is CC1(C)CCCN(c2nnc(SCC(=O)O)n2C2CC2)C1. The van der Waals surface area contributed by atoms with Gasteiger partial charge in [0.2, 0.25) is 5.95 Å². The van der Waals surface area contributed by atoms with E-state index in [1.807, 2.05) is 0 Å². The second-order valence-electron chi connectivity index (χ2n) is 6.76. The number of rotatable bonds is 5. The molecule has 0 bridgehead atoms. The van der Waals surface area contributed by atoms with Crippen LogP contribution in [-0.2, 0) is 4.79 Å². The molecular formula is C14H22N4O2S. The van der Waals surface area contributed by atoms with Gasteiger partial charge in [-0.25, -0.2) is 0 Å². The molecule has 2 fully saturated rings. The van der Waals surface area contributed by atoms with Gasteiger partial charge in [-0.15, -0.1) is 10.2 Å². The van der Waals surface area contributed by atoms with E-state index in [1.54, 1.807) is 0 Å². The van der Waals surface area contributed by atoms with Crippen molar-refractivity contribution in [1.29, 1.82) is 0 Å². The number of piperidine rings is 1. The Hall–Kier alpha value is -1.24. The summed E-state index contributed by atoms with van der Waals surface area (Å²) in [4.78, 5) is 13.1. The van der Waals surface area contributed by atoms with Crippen molar-refractivity contribution in [1.82, 2.24) is 14.8 Å². The first-order chi connectivity index (χ1) is 9.96. The minimum atomic E-state index is -0.814. The van der Waals surface area contributed by atoms with E-state index >= 15 is 0 Å². The smallest absolute Gasteiger partial charge is 0.313 e. The largest absolute Gasteiger partial charge is 0.481 e. The molecule has 0 spiro atoms. The van der Waals surface area contributed by atoms with E-state index in [9.17, 15) is 4.79 Å². The summed E-state index contributed by atoms with van der Waals surface area (Å²) in [5.74, 6) is 0.153. The third kappa shape index (κ3) is 3.33. The summed E-state index contributed by atoms with van der Waals surface area (Å²) >= 11 is 1.27. The van der Waals surface area contributed by atoms with E-state index in [4.69, 9.17) is 5.11 Å². The van der Waals surface area contributed by atoms with E-state index in [0.717, 1.165) is 37.0 Å². The minimum absolute atomic E-state index is 0.0380. The highest BCUT2D eigenvalue weighted by molar-refractivity contribution is 7.99. The normalized spacial score (nSPS) is 21.5. The van der Waals surface area contributed by atoms with E-state index in [2.05, 4.69) is 33.5 Å². The van der Waals surface area contributed by atoms with Crippen molar-refractivity contribution in [2.24, 2.45) is 5.41 Å². The standard InChI is InChI=1S/C14H22N4O2S/c1-14(2)6-3-7-17(9-14)12-15-16-13(21-8-11(19)20)18(12)10-4-5-10/h10H,3-9H2,1-2H3,(H,19,20). The monoisotopic (exact) mass is 310 g/mol. The second-order valence-corrected chi connectivity index (χ2v) is 7.70. The first-order valence-corrected chi connectivity index (χ1v) is 8.49. The van der Waals surface area contributed by atoms with Crippen molar-refractivity contribution >= 4 is 23.7 Å². The highest BCUT2D eigenvalue weighted by Gasteiger charge is 2.34. The third-order valence-corrected chi connectivity index (χ3v) is 4.99. The van der Waals surface area contributed by atoms with Gasteiger partial charge in [0, 0.05) is 19.1 Å². The molecule has 1 saturated carbocycles. The molecule has 1 saturated heterocycles. The molecule has 1 N–H and O–H groups in total. The van der Waals surface area contributed by atoms with Gasteiger partial charge in [0.15, 0.2) is 5.16 Å². The van der Waals surface area contributed by atoms with Crippen LogP contribution in [0.1, 0.15) is 45.6 Å². The van der Waals surface area contributed by atoms with Gasteiger partial charge < -0.3 is 10.0 Å². The molecule has 0 unspecified atom stereocenters. The highest BCUT2D eigenvalue weighted by Crippen LogP contribution is 2.42. The molecule has 116 valence electrons. The number of carboxylic acids is 1. The van der Waals surface area contributed by atoms with Gasteiger partial charge in [-0.2, -0.15) is 0 Å². The van der Waals surface area contributed by atoms with E-state index in [1.165, 1.54) is 24.6 Å². The van der Waals surface area contributed by atoms with Gasteiger partial charge in [0.05, 0.1) is 5.75 Å². The zero-order chi connectivity index (χ0) is 15.0. The number of carboxylic acid groups (broad SMARTS) is 1. The Balaban J connectivity index is 1.83. The molecular weight excluding hydrogens is 288 g/mol. The number of hydrogen-bond donors (Lipinski definition) is 1. The molecule has 6 nitrogen and oxygen atoms in total. The van der Waals surface area contributed by atoms with Crippen molar-refractivity contribution in [3.8, 4) is 0 Å². The van der Waals surface area contributed by atoms with Crippen molar-refractivity contribution in [3.05, 3.63) is 0 Å². The summed E-state index contributed by atoms with van der Waals surface area (Å²) in [6.07, 6.45) is 4.69. The first kappa shape index (κ1) is 14.7. The van der Waals surface area contributed by atoms with Crippen LogP contribution in [-0.4, -0.2) is 44.7 Å². The van der Waals surface area contributed by atoms with Crippen LogP contribution in [0.5, 0.6) is 0 Å². The average Bonchev–Trinajstić information content (AvgIpc) is 3.15. The van der Waals surface area contributed by atoms with Gasteiger partial charge in [-0.3, -0.25) is 9.36 Å². The summed E-state index contributed by atoms with van der Waals surface area (Å²) in [5.41, 5.74) is 0.299.